The number of ether oxygens (including phenoxy) is 2. The molecule has 0 heterocycles. The predicted molar refractivity (Wildman–Crippen MR) is 111 cm³/mol. The van der Waals surface area contributed by atoms with Crippen LogP contribution >= 0.6 is 23.2 Å². The van der Waals surface area contributed by atoms with Crippen LogP contribution in [0.3, 0.4) is 0 Å². The number of hydrogen-bond donors (Lipinski definition) is 1. The van der Waals surface area contributed by atoms with E-state index >= 15 is 0 Å². The third-order valence-corrected chi connectivity index (χ3v) is 4.25. The zero-order valence-electron chi connectivity index (χ0n) is 14.7. The standard InChI is InChI=1S/C21H18Cl2N2O2/c1-26-21-12-16(13-24-25-19-9-7-18(23)8-10-19)4-11-20(21)27-14-15-2-5-17(22)6-3-15/h2-13,25H,14H2,1H3. The maximum absolute atomic E-state index is 5.90. The minimum atomic E-state index is 0.430. The number of hydrogen-bond acceptors (Lipinski definition) is 4. The van der Waals surface area contributed by atoms with Gasteiger partial charge in [-0.2, -0.15) is 5.10 Å². The third-order valence-electron chi connectivity index (χ3n) is 3.75. The first-order chi connectivity index (χ1) is 13.1. The maximum atomic E-state index is 5.90. The van der Waals surface area contributed by atoms with Gasteiger partial charge in [-0.15, -0.1) is 0 Å². The largest absolute Gasteiger partial charge is 0.493 e. The van der Waals surface area contributed by atoms with Crippen LogP contribution in [-0.2, 0) is 6.61 Å². The molecule has 4 nitrogen and oxygen atoms in total. The van der Waals surface area contributed by atoms with Crippen molar-refractivity contribution in [2.75, 3.05) is 12.5 Å². The van der Waals surface area contributed by atoms with Gasteiger partial charge in [-0.3, -0.25) is 5.43 Å². The van der Waals surface area contributed by atoms with Crippen LogP contribution in [0.2, 0.25) is 10.0 Å². The van der Waals surface area contributed by atoms with Gasteiger partial charge in [0, 0.05) is 10.0 Å². The van der Waals surface area contributed by atoms with Gasteiger partial charge >= 0.3 is 0 Å². The second-order valence-electron chi connectivity index (χ2n) is 5.70. The fourth-order valence-electron chi connectivity index (χ4n) is 2.33. The number of halogens is 2. The molecule has 1 N–H and O–H groups in total. The van der Waals surface area contributed by atoms with E-state index in [9.17, 15) is 0 Å². The second kappa shape index (κ2) is 9.31. The van der Waals surface area contributed by atoms with E-state index in [2.05, 4.69) is 10.5 Å². The van der Waals surface area contributed by atoms with Crippen molar-refractivity contribution in [2.45, 2.75) is 6.61 Å². The lowest BCUT2D eigenvalue weighted by Gasteiger charge is -2.11. The van der Waals surface area contributed by atoms with E-state index in [1.54, 1.807) is 25.5 Å². The Labute approximate surface area is 168 Å². The SMILES string of the molecule is COc1cc(C=NNc2ccc(Cl)cc2)ccc1OCc1ccc(Cl)cc1. The van der Waals surface area contributed by atoms with Crippen LogP contribution < -0.4 is 14.9 Å². The summed E-state index contributed by atoms with van der Waals surface area (Å²) in [6.07, 6.45) is 1.71. The molecule has 138 valence electrons. The fraction of sp³-hybridized carbons (Fsp3) is 0.0952. The molecule has 0 aromatic heterocycles. The van der Waals surface area contributed by atoms with Crippen LogP contribution in [0, 0.1) is 0 Å². The molecule has 0 radical (unpaired) electrons. The molecule has 0 aliphatic heterocycles. The van der Waals surface area contributed by atoms with Crippen molar-refractivity contribution < 1.29 is 9.47 Å². The normalized spacial score (nSPS) is 10.8. The molecule has 3 aromatic rings. The van der Waals surface area contributed by atoms with E-state index in [-0.39, 0.29) is 0 Å². The molecule has 0 aliphatic rings. The van der Waals surface area contributed by atoms with Gasteiger partial charge in [-0.1, -0.05) is 35.3 Å². The van der Waals surface area contributed by atoms with E-state index < -0.39 is 0 Å². The summed E-state index contributed by atoms with van der Waals surface area (Å²) in [6, 6.07) is 20.5. The number of methoxy groups -OCH3 is 1. The molecule has 0 spiro atoms. The predicted octanol–water partition coefficient (Wildman–Crippen LogP) is 6.03. The summed E-state index contributed by atoms with van der Waals surface area (Å²) in [5.41, 5.74) is 5.71. The van der Waals surface area contributed by atoms with Crippen LogP contribution in [0.4, 0.5) is 5.69 Å². The molecule has 27 heavy (non-hydrogen) atoms. The molecule has 0 atom stereocenters. The number of hydrazone groups is 1. The van der Waals surface area contributed by atoms with Crippen molar-refractivity contribution in [3.05, 3.63) is 87.9 Å². The Bertz CT molecular complexity index is 910. The summed E-state index contributed by atoms with van der Waals surface area (Å²) in [5, 5.41) is 5.61. The van der Waals surface area contributed by atoms with Crippen LogP contribution in [0.25, 0.3) is 0 Å². The first-order valence-corrected chi connectivity index (χ1v) is 8.99. The highest BCUT2D eigenvalue weighted by atomic mass is 35.5. The maximum Gasteiger partial charge on any atom is 0.161 e. The highest BCUT2D eigenvalue weighted by molar-refractivity contribution is 6.30. The Morgan fingerprint density at radius 2 is 1.56 bits per heavy atom. The molecule has 0 aliphatic carbocycles. The molecule has 3 aromatic carbocycles. The quantitative estimate of drug-likeness (QED) is 0.389. The van der Waals surface area contributed by atoms with Gasteiger partial charge in [-0.05, 0) is 65.7 Å². The summed E-state index contributed by atoms with van der Waals surface area (Å²) in [5.74, 6) is 1.30. The molecule has 0 amide bonds. The molecular weight excluding hydrogens is 383 g/mol. The van der Waals surface area contributed by atoms with Crippen LogP contribution in [0.5, 0.6) is 11.5 Å². The first-order valence-electron chi connectivity index (χ1n) is 8.24. The summed E-state index contributed by atoms with van der Waals surface area (Å²) in [6.45, 7) is 0.430. The molecule has 0 saturated heterocycles. The lowest BCUT2D eigenvalue weighted by Crippen LogP contribution is -1.98. The van der Waals surface area contributed by atoms with Gasteiger partial charge in [0.15, 0.2) is 11.5 Å². The number of nitrogens with one attached hydrogen (secondary N) is 1. The molecule has 3 rings (SSSR count). The number of benzene rings is 3. The summed E-state index contributed by atoms with van der Waals surface area (Å²) < 4.78 is 11.3. The number of anilines is 1. The molecular formula is C21H18Cl2N2O2. The van der Waals surface area contributed by atoms with E-state index in [1.807, 2.05) is 54.6 Å². The van der Waals surface area contributed by atoms with Gasteiger partial charge in [-0.25, -0.2) is 0 Å². The van der Waals surface area contributed by atoms with Crippen LogP contribution in [0.1, 0.15) is 11.1 Å². The summed E-state index contributed by atoms with van der Waals surface area (Å²) >= 11 is 11.8. The molecule has 0 bridgehead atoms. The van der Waals surface area contributed by atoms with Crippen molar-refractivity contribution in [3.8, 4) is 11.5 Å². The fourth-order valence-corrected chi connectivity index (χ4v) is 2.58. The van der Waals surface area contributed by atoms with Gasteiger partial charge in [0.05, 0.1) is 19.0 Å². The van der Waals surface area contributed by atoms with Gasteiger partial charge in [0.2, 0.25) is 0 Å². The second-order valence-corrected chi connectivity index (χ2v) is 6.58. The van der Waals surface area contributed by atoms with E-state index in [4.69, 9.17) is 32.7 Å². The number of rotatable bonds is 7. The summed E-state index contributed by atoms with van der Waals surface area (Å²) in [7, 11) is 1.61. The van der Waals surface area contributed by atoms with Crippen LogP contribution in [-0.4, -0.2) is 13.3 Å². The Morgan fingerprint density at radius 1 is 0.889 bits per heavy atom. The lowest BCUT2D eigenvalue weighted by molar-refractivity contribution is 0.284. The van der Waals surface area contributed by atoms with Crippen LogP contribution in [0.15, 0.2) is 71.8 Å². The zero-order chi connectivity index (χ0) is 19.1. The van der Waals surface area contributed by atoms with Gasteiger partial charge in [0.1, 0.15) is 6.61 Å². The average molecular weight is 401 g/mol. The number of nitrogens with zero attached hydrogens (tertiary/aromatic N) is 1. The molecule has 6 heteroatoms. The topological polar surface area (TPSA) is 42.8 Å². The monoisotopic (exact) mass is 400 g/mol. The Balaban J connectivity index is 1.63. The minimum Gasteiger partial charge on any atom is -0.493 e. The van der Waals surface area contributed by atoms with E-state index in [0.717, 1.165) is 16.8 Å². The van der Waals surface area contributed by atoms with Gasteiger partial charge < -0.3 is 9.47 Å². The Kier molecular flexibility index (Phi) is 6.58. The molecule has 0 saturated carbocycles. The van der Waals surface area contributed by atoms with Crippen molar-refractivity contribution in [1.29, 1.82) is 0 Å². The minimum absolute atomic E-state index is 0.430. The molecule has 0 unspecified atom stereocenters. The average Bonchev–Trinajstić information content (AvgIpc) is 2.69. The third kappa shape index (κ3) is 5.64. The van der Waals surface area contributed by atoms with E-state index in [1.165, 1.54) is 0 Å². The van der Waals surface area contributed by atoms with Gasteiger partial charge in [0.25, 0.3) is 0 Å². The highest BCUT2D eigenvalue weighted by Crippen LogP contribution is 2.28. The van der Waals surface area contributed by atoms with E-state index in [0.29, 0.717) is 28.2 Å². The zero-order valence-corrected chi connectivity index (χ0v) is 16.2. The van der Waals surface area contributed by atoms with Crippen molar-refractivity contribution >= 4 is 35.1 Å². The Hall–Kier alpha value is -2.69. The van der Waals surface area contributed by atoms with Crippen molar-refractivity contribution in [2.24, 2.45) is 5.10 Å². The smallest absolute Gasteiger partial charge is 0.161 e. The lowest BCUT2D eigenvalue weighted by atomic mass is 10.2. The Morgan fingerprint density at radius 3 is 2.22 bits per heavy atom. The highest BCUT2D eigenvalue weighted by Gasteiger charge is 2.06. The van der Waals surface area contributed by atoms with Crippen molar-refractivity contribution in [3.63, 3.8) is 0 Å². The molecule has 0 fully saturated rings. The van der Waals surface area contributed by atoms with Crippen molar-refractivity contribution in [1.82, 2.24) is 0 Å². The first kappa shape index (κ1) is 19.1. The summed E-state index contributed by atoms with van der Waals surface area (Å²) in [4.78, 5) is 0.